The van der Waals surface area contributed by atoms with Crippen molar-refractivity contribution in [2.45, 2.75) is 58.8 Å². The topological polar surface area (TPSA) is 96.5 Å². The summed E-state index contributed by atoms with van der Waals surface area (Å²) in [5.41, 5.74) is -0.974. The van der Waals surface area contributed by atoms with Gasteiger partial charge in [-0.3, -0.25) is 9.59 Å². The molecule has 1 N–H and O–H groups in total. The number of hydrogen-bond donors (Lipinski definition) is 1. The van der Waals surface area contributed by atoms with E-state index in [1.807, 2.05) is 20.8 Å². The molecule has 128 valence electrons. The largest absolute Gasteiger partial charge is 0.481 e. The Morgan fingerprint density at radius 3 is 2.61 bits per heavy atom. The Balaban J connectivity index is 1.80. The zero-order chi connectivity index (χ0) is 17.3. The van der Waals surface area contributed by atoms with Crippen LogP contribution in [0.1, 0.15) is 58.7 Å². The summed E-state index contributed by atoms with van der Waals surface area (Å²) in [6, 6.07) is 0. The monoisotopic (exact) mass is 323 g/mol. The van der Waals surface area contributed by atoms with Crippen LogP contribution in [0.3, 0.4) is 0 Å². The van der Waals surface area contributed by atoms with E-state index in [4.69, 9.17) is 4.52 Å². The number of carbonyl (C=O) groups is 2. The van der Waals surface area contributed by atoms with Crippen LogP contribution < -0.4 is 0 Å². The highest BCUT2D eigenvalue weighted by molar-refractivity contribution is 5.80. The van der Waals surface area contributed by atoms with E-state index in [1.165, 1.54) is 0 Å². The van der Waals surface area contributed by atoms with Crippen LogP contribution in [0.25, 0.3) is 0 Å². The van der Waals surface area contributed by atoms with Crippen LogP contribution in [0.5, 0.6) is 0 Å². The molecule has 0 bridgehead atoms. The Bertz CT molecular complexity index is 590. The Morgan fingerprint density at radius 2 is 2.09 bits per heavy atom. The molecule has 1 fully saturated rings. The molecule has 1 atom stereocenters. The van der Waals surface area contributed by atoms with E-state index in [1.54, 1.807) is 11.8 Å². The molecule has 1 aromatic heterocycles. The Labute approximate surface area is 136 Å². The fraction of sp³-hybridized carbons (Fsp3) is 0.750. The second kappa shape index (κ2) is 6.29. The zero-order valence-electron chi connectivity index (χ0n) is 14.3. The molecule has 0 radical (unpaired) electrons. The summed E-state index contributed by atoms with van der Waals surface area (Å²) < 4.78 is 5.20. The number of likely N-dealkylation sites (tertiary alicyclic amines) is 1. The Kier molecular flexibility index (Phi) is 4.77. The number of aryl methyl sites for hydroxylation is 1. The number of carboxylic acids is 1. The summed E-state index contributed by atoms with van der Waals surface area (Å²) in [4.78, 5) is 29.4. The van der Waals surface area contributed by atoms with Crippen molar-refractivity contribution >= 4 is 11.9 Å². The molecule has 1 saturated heterocycles. The summed E-state index contributed by atoms with van der Waals surface area (Å²) in [5, 5.41) is 13.2. The number of aliphatic carboxylic acids is 1. The number of carboxylic acid groups (broad SMARTS) is 1. The van der Waals surface area contributed by atoms with Crippen molar-refractivity contribution in [1.82, 2.24) is 15.0 Å². The van der Waals surface area contributed by atoms with Crippen LogP contribution in [-0.2, 0) is 21.4 Å². The second-order valence-electron chi connectivity index (χ2n) is 7.55. The van der Waals surface area contributed by atoms with Crippen molar-refractivity contribution in [1.29, 1.82) is 0 Å². The first-order valence-corrected chi connectivity index (χ1v) is 7.96. The van der Waals surface area contributed by atoms with E-state index >= 15 is 0 Å². The average molecular weight is 323 g/mol. The number of aromatic nitrogens is 2. The number of carbonyl (C=O) groups excluding carboxylic acids is 1. The van der Waals surface area contributed by atoms with E-state index in [2.05, 4.69) is 10.1 Å². The van der Waals surface area contributed by atoms with Gasteiger partial charge in [-0.1, -0.05) is 25.9 Å². The molecule has 0 aliphatic carbocycles. The zero-order valence-corrected chi connectivity index (χ0v) is 14.3. The van der Waals surface area contributed by atoms with Crippen LogP contribution in [0.4, 0.5) is 0 Å². The van der Waals surface area contributed by atoms with Gasteiger partial charge in [-0.25, -0.2) is 0 Å². The fourth-order valence-corrected chi connectivity index (χ4v) is 2.56. The normalized spacial score (nSPS) is 21.7. The summed E-state index contributed by atoms with van der Waals surface area (Å²) in [5.74, 6) is 0.356. The van der Waals surface area contributed by atoms with E-state index in [9.17, 15) is 14.7 Å². The van der Waals surface area contributed by atoms with Gasteiger partial charge in [0, 0.05) is 31.3 Å². The third-order valence-corrected chi connectivity index (χ3v) is 4.26. The molecule has 1 amide bonds. The lowest BCUT2D eigenvalue weighted by molar-refractivity contribution is -0.147. The minimum Gasteiger partial charge on any atom is -0.481 e. The smallest absolute Gasteiger partial charge is 0.311 e. The van der Waals surface area contributed by atoms with Crippen molar-refractivity contribution in [2.75, 3.05) is 13.1 Å². The maximum Gasteiger partial charge on any atom is 0.311 e. The summed E-state index contributed by atoms with van der Waals surface area (Å²) in [6.45, 7) is 8.52. The van der Waals surface area contributed by atoms with Crippen molar-refractivity contribution in [3.63, 3.8) is 0 Å². The Morgan fingerprint density at radius 1 is 1.39 bits per heavy atom. The first kappa shape index (κ1) is 17.4. The molecule has 0 spiro atoms. The van der Waals surface area contributed by atoms with Gasteiger partial charge in [0.15, 0.2) is 5.82 Å². The minimum atomic E-state index is -0.839. The van der Waals surface area contributed by atoms with Gasteiger partial charge in [0.25, 0.3) is 0 Å². The van der Waals surface area contributed by atoms with Crippen LogP contribution in [0.2, 0.25) is 0 Å². The lowest BCUT2D eigenvalue weighted by Gasteiger charge is -2.20. The number of nitrogens with zero attached hydrogens (tertiary/aromatic N) is 3. The maximum absolute atomic E-state index is 12.2. The first-order chi connectivity index (χ1) is 10.6. The predicted octanol–water partition coefficient (Wildman–Crippen LogP) is 2.01. The quantitative estimate of drug-likeness (QED) is 0.890. The molecule has 23 heavy (non-hydrogen) atoms. The molecule has 7 nitrogen and oxygen atoms in total. The lowest BCUT2D eigenvalue weighted by atomic mass is 9.90. The van der Waals surface area contributed by atoms with Gasteiger partial charge in [0.2, 0.25) is 11.8 Å². The highest BCUT2D eigenvalue weighted by Gasteiger charge is 2.41. The standard InChI is InChI=1S/C16H25N3O4/c1-15(2,3)13-17-11(23-18-13)6-5-7-12(20)19-9-8-16(4,10-19)14(21)22/h5-10H2,1-4H3,(H,21,22). The first-order valence-electron chi connectivity index (χ1n) is 7.96. The summed E-state index contributed by atoms with van der Waals surface area (Å²) >= 11 is 0. The van der Waals surface area contributed by atoms with Crippen LogP contribution >= 0.6 is 0 Å². The third kappa shape index (κ3) is 4.09. The van der Waals surface area contributed by atoms with Crippen LogP contribution in [0, 0.1) is 5.41 Å². The Hall–Kier alpha value is -1.92. The molecule has 1 unspecified atom stereocenters. The maximum atomic E-state index is 12.2. The van der Waals surface area contributed by atoms with E-state index in [0.717, 1.165) is 0 Å². The third-order valence-electron chi connectivity index (χ3n) is 4.26. The van der Waals surface area contributed by atoms with Crippen LogP contribution in [-0.4, -0.2) is 45.1 Å². The van der Waals surface area contributed by atoms with Crippen molar-refractivity contribution in [3.8, 4) is 0 Å². The molecule has 7 heteroatoms. The van der Waals surface area contributed by atoms with Gasteiger partial charge in [-0.15, -0.1) is 0 Å². The highest BCUT2D eigenvalue weighted by Crippen LogP contribution is 2.30. The molecule has 1 aliphatic heterocycles. The molecular weight excluding hydrogens is 298 g/mol. The second-order valence-corrected chi connectivity index (χ2v) is 7.55. The van der Waals surface area contributed by atoms with E-state index < -0.39 is 11.4 Å². The predicted molar refractivity (Wildman–Crippen MR) is 82.9 cm³/mol. The average Bonchev–Trinajstić information content (AvgIpc) is 3.06. The molecule has 1 aliphatic rings. The van der Waals surface area contributed by atoms with Gasteiger partial charge in [-0.2, -0.15) is 4.98 Å². The summed E-state index contributed by atoms with van der Waals surface area (Å²) in [6.07, 6.45) is 2.04. The number of rotatable bonds is 5. The number of hydrogen-bond acceptors (Lipinski definition) is 5. The molecule has 1 aromatic rings. The molecule has 2 heterocycles. The fourth-order valence-electron chi connectivity index (χ4n) is 2.56. The molecular formula is C16H25N3O4. The lowest BCUT2D eigenvalue weighted by Crippen LogP contribution is -2.34. The van der Waals surface area contributed by atoms with Gasteiger partial charge >= 0.3 is 5.97 Å². The molecule has 0 saturated carbocycles. The van der Waals surface area contributed by atoms with Crippen molar-refractivity contribution in [3.05, 3.63) is 11.7 Å². The van der Waals surface area contributed by atoms with Gasteiger partial charge in [-0.05, 0) is 19.8 Å². The molecule has 0 aromatic carbocycles. The van der Waals surface area contributed by atoms with Crippen LogP contribution in [0.15, 0.2) is 4.52 Å². The van der Waals surface area contributed by atoms with E-state index in [0.29, 0.717) is 43.9 Å². The van der Waals surface area contributed by atoms with Crippen molar-refractivity contribution < 1.29 is 19.2 Å². The SMILES string of the molecule is CC1(C(=O)O)CCN(C(=O)CCCc2nc(C(C)(C)C)no2)C1. The highest BCUT2D eigenvalue weighted by atomic mass is 16.5. The van der Waals surface area contributed by atoms with E-state index in [-0.39, 0.29) is 17.9 Å². The van der Waals surface area contributed by atoms with Crippen molar-refractivity contribution in [2.24, 2.45) is 5.41 Å². The van der Waals surface area contributed by atoms with Gasteiger partial charge in [0.1, 0.15) is 0 Å². The van der Waals surface area contributed by atoms with Gasteiger partial charge in [0.05, 0.1) is 5.41 Å². The summed E-state index contributed by atoms with van der Waals surface area (Å²) in [7, 11) is 0. The minimum absolute atomic E-state index is 0.00876. The molecule has 2 rings (SSSR count). The van der Waals surface area contributed by atoms with Gasteiger partial charge < -0.3 is 14.5 Å². The number of amides is 1.